The molecule has 1 atom stereocenters. The van der Waals surface area contributed by atoms with Gasteiger partial charge in [-0.15, -0.1) is 0 Å². The van der Waals surface area contributed by atoms with Crippen molar-refractivity contribution >= 4 is 10.0 Å². The average molecular weight is 347 g/mol. The van der Waals surface area contributed by atoms with Crippen LogP contribution in [0.2, 0.25) is 0 Å². The van der Waals surface area contributed by atoms with Crippen LogP contribution in [-0.2, 0) is 20.5 Å². The van der Waals surface area contributed by atoms with Crippen LogP contribution in [-0.4, -0.2) is 39.5 Å². The zero-order valence-electron chi connectivity index (χ0n) is 13.6. The number of morpholine rings is 1. The van der Waals surface area contributed by atoms with Crippen molar-refractivity contribution in [3.8, 4) is 5.75 Å². The normalized spacial score (nSPS) is 19.1. The minimum absolute atomic E-state index is 0.0170. The fourth-order valence-electron chi connectivity index (χ4n) is 2.77. The number of hydrogen-bond acceptors (Lipinski definition) is 4. The van der Waals surface area contributed by atoms with E-state index < -0.39 is 10.0 Å². The van der Waals surface area contributed by atoms with E-state index in [1.54, 1.807) is 7.11 Å². The molecule has 0 N–H and O–H groups in total. The van der Waals surface area contributed by atoms with Crippen molar-refractivity contribution in [3.05, 3.63) is 65.7 Å². The summed E-state index contributed by atoms with van der Waals surface area (Å²) in [7, 11) is -1.75. The van der Waals surface area contributed by atoms with Crippen LogP contribution in [0.3, 0.4) is 0 Å². The molecule has 1 aliphatic heterocycles. The summed E-state index contributed by atoms with van der Waals surface area (Å²) in [6.45, 7) is 1.12. The quantitative estimate of drug-likeness (QED) is 0.834. The third-order valence-corrected chi connectivity index (χ3v) is 5.92. The van der Waals surface area contributed by atoms with Gasteiger partial charge in [0.2, 0.25) is 10.0 Å². The molecule has 6 heteroatoms. The van der Waals surface area contributed by atoms with Crippen molar-refractivity contribution in [3.63, 3.8) is 0 Å². The van der Waals surface area contributed by atoms with Gasteiger partial charge in [0, 0.05) is 13.1 Å². The third kappa shape index (κ3) is 3.95. The Morgan fingerprint density at radius 3 is 2.50 bits per heavy atom. The summed E-state index contributed by atoms with van der Waals surface area (Å²) in [5.41, 5.74) is 1.75. The standard InChI is InChI=1S/C18H21NO4S/c1-22-17-9-7-16(8-10-17)18-13-19(11-12-23-18)24(20,21)14-15-5-3-2-4-6-15/h2-10,18H,11-14H2,1H3. The molecular formula is C18H21NO4S. The molecule has 2 aromatic carbocycles. The molecule has 0 saturated carbocycles. The highest BCUT2D eigenvalue weighted by atomic mass is 32.2. The predicted molar refractivity (Wildman–Crippen MR) is 92.3 cm³/mol. The van der Waals surface area contributed by atoms with Crippen LogP contribution < -0.4 is 4.74 Å². The lowest BCUT2D eigenvalue weighted by Gasteiger charge is -2.32. The van der Waals surface area contributed by atoms with Gasteiger partial charge in [-0.05, 0) is 23.3 Å². The highest BCUT2D eigenvalue weighted by Gasteiger charge is 2.30. The first-order valence-electron chi connectivity index (χ1n) is 7.86. The number of nitrogens with zero attached hydrogens (tertiary/aromatic N) is 1. The van der Waals surface area contributed by atoms with Crippen molar-refractivity contribution in [1.82, 2.24) is 4.31 Å². The number of hydrogen-bond donors (Lipinski definition) is 0. The van der Waals surface area contributed by atoms with Crippen LogP contribution in [0, 0.1) is 0 Å². The van der Waals surface area contributed by atoms with Gasteiger partial charge in [0.1, 0.15) is 5.75 Å². The van der Waals surface area contributed by atoms with Gasteiger partial charge in [-0.25, -0.2) is 8.42 Å². The van der Waals surface area contributed by atoms with Gasteiger partial charge in [-0.1, -0.05) is 42.5 Å². The molecule has 0 bridgehead atoms. The second kappa shape index (κ2) is 7.34. The maximum absolute atomic E-state index is 12.7. The number of benzene rings is 2. The van der Waals surface area contributed by atoms with E-state index >= 15 is 0 Å². The Bertz CT molecular complexity index is 759. The van der Waals surface area contributed by atoms with Crippen LogP contribution >= 0.6 is 0 Å². The minimum Gasteiger partial charge on any atom is -0.497 e. The monoisotopic (exact) mass is 347 g/mol. The van der Waals surface area contributed by atoms with Crippen LogP contribution in [0.1, 0.15) is 17.2 Å². The lowest BCUT2D eigenvalue weighted by molar-refractivity contribution is -0.00262. The largest absolute Gasteiger partial charge is 0.497 e. The number of ether oxygens (including phenoxy) is 2. The van der Waals surface area contributed by atoms with Gasteiger partial charge in [-0.3, -0.25) is 0 Å². The van der Waals surface area contributed by atoms with Crippen LogP contribution in [0.5, 0.6) is 5.75 Å². The van der Waals surface area contributed by atoms with Crippen LogP contribution in [0.25, 0.3) is 0 Å². The molecule has 5 nitrogen and oxygen atoms in total. The smallest absolute Gasteiger partial charge is 0.218 e. The number of rotatable bonds is 5. The van der Waals surface area contributed by atoms with Crippen LogP contribution in [0.4, 0.5) is 0 Å². The maximum Gasteiger partial charge on any atom is 0.218 e. The topological polar surface area (TPSA) is 55.8 Å². The van der Waals surface area contributed by atoms with E-state index in [4.69, 9.17) is 9.47 Å². The summed E-state index contributed by atoms with van der Waals surface area (Å²) in [5.74, 6) is 0.784. The van der Waals surface area contributed by atoms with Crippen molar-refractivity contribution in [2.75, 3.05) is 26.8 Å². The molecular weight excluding hydrogens is 326 g/mol. The first-order chi connectivity index (χ1) is 11.6. The maximum atomic E-state index is 12.7. The molecule has 1 heterocycles. The highest BCUT2D eigenvalue weighted by molar-refractivity contribution is 7.88. The molecule has 0 aromatic heterocycles. The molecule has 0 spiro atoms. The van der Waals surface area contributed by atoms with E-state index in [2.05, 4.69) is 0 Å². The van der Waals surface area contributed by atoms with Gasteiger partial charge < -0.3 is 9.47 Å². The van der Waals surface area contributed by atoms with Crippen molar-refractivity contribution in [2.45, 2.75) is 11.9 Å². The number of methoxy groups -OCH3 is 1. The number of sulfonamides is 1. The van der Waals surface area contributed by atoms with E-state index in [1.165, 1.54) is 4.31 Å². The molecule has 1 saturated heterocycles. The summed E-state index contributed by atoms with van der Waals surface area (Å²) >= 11 is 0. The van der Waals surface area contributed by atoms with E-state index in [-0.39, 0.29) is 11.9 Å². The Hall–Kier alpha value is -1.89. The minimum atomic E-state index is -3.36. The molecule has 1 aliphatic rings. The molecule has 24 heavy (non-hydrogen) atoms. The fraction of sp³-hybridized carbons (Fsp3) is 0.333. The molecule has 0 radical (unpaired) electrons. The highest BCUT2D eigenvalue weighted by Crippen LogP contribution is 2.26. The summed E-state index contributed by atoms with van der Waals surface area (Å²) in [5, 5.41) is 0. The molecule has 0 amide bonds. The first kappa shape index (κ1) is 17.0. The van der Waals surface area contributed by atoms with Crippen molar-refractivity contribution in [1.29, 1.82) is 0 Å². The van der Waals surface area contributed by atoms with E-state index in [9.17, 15) is 8.42 Å². The summed E-state index contributed by atoms with van der Waals surface area (Å²) in [4.78, 5) is 0. The molecule has 2 aromatic rings. The Morgan fingerprint density at radius 2 is 1.83 bits per heavy atom. The van der Waals surface area contributed by atoms with Gasteiger partial charge >= 0.3 is 0 Å². The van der Waals surface area contributed by atoms with Crippen molar-refractivity contribution < 1.29 is 17.9 Å². The Morgan fingerprint density at radius 1 is 1.12 bits per heavy atom. The second-order valence-electron chi connectivity index (χ2n) is 5.73. The van der Waals surface area contributed by atoms with Gasteiger partial charge in [-0.2, -0.15) is 4.31 Å². The zero-order chi connectivity index (χ0) is 17.0. The molecule has 128 valence electrons. The third-order valence-electron chi connectivity index (χ3n) is 4.10. The first-order valence-corrected chi connectivity index (χ1v) is 9.47. The Labute approximate surface area is 142 Å². The van der Waals surface area contributed by atoms with Gasteiger partial charge in [0.15, 0.2) is 0 Å². The lowest BCUT2D eigenvalue weighted by atomic mass is 10.1. The Kier molecular flexibility index (Phi) is 5.18. The second-order valence-corrected chi connectivity index (χ2v) is 7.70. The lowest BCUT2D eigenvalue weighted by Crippen LogP contribution is -2.42. The van der Waals surface area contributed by atoms with Gasteiger partial charge in [0.05, 0.1) is 25.6 Å². The predicted octanol–water partition coefficient (Wildman–Crippen LogP) is 2.60. The Balaban J connectivity index is 1.72. The molecule has 3 rings (SSSR count). The molecule has 1 unspecified atom stereocenters. The summed E-state index contributed by atoms with van der Waals surface area (Å²) in [6, 6.07) is 16.8. The van der Waals surface area contributed by atoms with E-state index in [0.29, 0.717) is 19.7 Å². The summed E-state index contributed by atoms with van der Waals surface area (Å²) < 4.78 is 37.8. The SMILES string of the molecule is COc1ccc(C2CN(S(=O)(=O)Cc3ccccc3)CCO2)cc1. The van der Waals surface area contributed by atoms with Gasteiger partial charge in [0.25, 0.3) is 0 Å². The van der Waals surface area contributed by atoms with Crippen molar-refractivity contribution in [2.24, 2.45) is 0 Å². The summed E-state index contributed by atoms with van der Waals surface area (Å²) in [6.07, 6.45) is -0.254. The molecule has 0 aliphatic carbocycles. The van der Waals surface area contributed by atoms with Crippen LogP contribution in [0.15, 0.2) is 54.6 Å². The van der Waals surface area contributed by atoms with E-state index in [1.807, 2.05) is 54.6 Å². The zero-order valence-corrected chi connectivity index (χ0v) is 14.4. The fourth-order valence-corrected chi connectivity index (χ4v) is 4.29. The molecule has 1 fully saturated rings. The average Bonchev–Trinajstić information content (AvgIpc) is 2.62. The van der Waals surface area contributed by atoms with E-state index in [0.717, 1.165) is 16.9 Å².